The molecule has 0 amide bonds. The minimum Gasteiger partial charge on any atom is -0.331 e. The van der Waals surface area contributed by atoms with Crippen molar-refractivity contribution in [2.75, 3.05) is 0 Å². The lowest BCUT2D eigenvalue weighted by molar-refractivity contribution is 0.0693. The van der Waals surface area contributed by atoms with Crippen molar-refractivity contribution in [1.29, 1.82) is 0 Å². The summed E-state index contributed by atoms with van der Waals surface area (Å²) in [5, 5.41) is 3.60. The molecule has 0 atom stereocenters. The Morgan fingerprint density at radius 1 is 0.909 bits per heavy atom. The zero-order valence-electron chi connectivity index (χ0n) is 11.2. The van der Waals surface area contributed by atoms with Gasteiger partial charge in [-0.3, -0.25) is 0 Å². The van der Waals surface area contributed by atoms with E-state index in [9.17, 15) is 9.59 Å². The van der Waals surface area contributed by atoms with Crippen LogP contribution in [0.15, 0.2) is 59.3 Å². The maximum atomic E-state index is 12.4. The number of carbonyl (C=O) groups excluding carboxylic acids is 2. The van der Waals surface area contributed by atoms with Crippen LogP contribution in [-0.4, -0.2) is 11.9 Å². The Labute approximate surface area is 132 Å². The first-order valence-corrected chi connectivity index (χ1v) is 8.94. The molecule has 1 aromatic heterocycles. The van der Waals surface area contributed by atoms with Gasteiger partial charge in [-0.15, -0.1) is 11.3 Å². The zero-order valence-corrected chi connectivity index (χ0v) is 12.9. The summed E-state index contributed by atoms with van der Waals surface area (Å²) < 4.78 is 11.3. The normalized spacial score (nSPS) is 19.9. The van der Waals surface area contributed by atoms with Crippen molar-refractivity contribution in [2.45, 2.75) is 0 Å². The van der Waals surface area contributed by atoms with Gasteiger partial charge in [-0.1, -0.05) is 16.7 Å². The molecule has 2 bridgehead atoms. The predicted octanol–water partition coefficient (Wildman–Crippen LogP) is 4.28. The Morgan fingerprint density at radius 2 is 1.55 bits per heavy atom. The van der Waals surface area contributed by atoms with Gasteiger partial charge in [0.2, 0.25) is 0 Å². The minimum atomic E-state index is -2.56. The van der Waals surface area contributed by atoms with Gasteiger partial charge in [-0.2, -0.15) is 0 Å². The summed E-state index contributed by atoms with van der Waals surface area (Å²) in [4.78, 5) is 26.4. The highest BCUT2D eigenvalue weighted by Crippen LogP contribution is 2.66. The van der Waals surface area contributed by atoms with Crippen LogP contribution in [0.4, 0.5) is 0 Å². The average molecular weight is 330 g/mol. The van der Waals surface area contributed by atoms with E-state index in [0.717, 1.165) is 9.78 Å². The van der Waals surface area contributed by atoms with E-state index < -0.39 is 22.5 Å². The van der Waals surface area contributed by atoms with E-state index in [1.54, 1.807) is 35.7 Å². The van der Waals surface area contributed by atoms with Gasteiger partial charge in [0, 0.05) is 5.41 Å². The van der Waals surface area contributed by atoms with Crippen molar-refractivity contribution < 1.29 is 18.0 Å². The monoisotopic (exact) mass is 330 g/mol. The van der Waals surface area contributed by atoms with Gasteiger partial charge in [0.25, 0.3) is 0 Å². The third-order valence-electron chi connectivity index (χ3n) is 3.33. The Hall–Kier alpha value is -2.31. The number of rotatable bonds is 1. The molecule has 0 aliphatic carbocycles. The summed E-state index contributed by atoms with van der Waals surface area (Å²) in [6.07, 6.45) is 3.60. The second-order valence-electron chi connectivity index (χ2n) is 4.70. The Bertz CT molecular complexity index is 779. The second-order valence-corrected chi connectivity index (χ2v) is 7.78. The lowest BCUT2D eigenvalue weighted by atomic mass is 10.1. The average Bonchev–Trinajstić information content (AvgIpc) is 3.17. The number of fused-ring (bicyclic) bond motifs is 4. The van der Waals surface area contributed by atoms with E-state index >= 15 is 0 Å². The SMILES string of the molecule is O=C1OS2(C=CC=C2c2cccs2)OC(=O)c2ccc1cc2. The molecule has 5 rings (SSSR count). The van der Waals surface area contributed by atoms with Crippen molar-refractivity contribution >= 4 is 38.8 Å². The number of hydrogen-bond donors (Lipinski definition) is 0. The number of allylic oxidation sites excluding steroid dienone is 2. The summed E-state index contributed by atoms with van der Waals surface area (Å²) in [7, 11) is -2.56. The van der Waals surface area contributed by atoms with Crippen LogP contribution in [0.25, 0.3) is 4.91 Å². The molecule has 1 spiro atoms. The predicted molar refractivity (Wildman–Crippen MR) is 86.3 cm³/mol. The Morgan fingerprint density at radius 3 is 2.09 bits per heavy atom. The van der Waals surface area contributed by atoms with E-state index in [4.69, 9.17) is 8.37 Å². The van der Waals surface area contributed by atoms with Crippen LogP contribution in [0.2, 0.25) is 0 Å². The van der Waals surface area contributed by atoms with Crippen LogP contribution in [0.1, 0.15) is 25.6 Å². The van der Waals surface area contributed by atoms with E-state index in [0.29, 0.717) is 11.1 Å². The van der Waals surface area contributed by atoms with E-state index in [1.165, 1.54) is 11.3 Å². The minimum absolute atomic E-state index is 0.403. The quantitative estimate of drug-likeness (QED) is 0.783. The van der Waals surface area contributed by atoms with Crippen molar-refractivity contribution in [3.63, 3.8) is 0 Å². The maximum absolute atomic E-state index is 12.4. The molecule has 2 aromatic rings. The zero-order chi connectivity index (χ0) is 15.2. The fourth-order valence-electron chi connectivity index (χ4n) is 2.27. The molecule has 110 valence electrons. The summed E-state index contributed by atoms with van der Waals surface area (Å²) in [6, 6.07) is 10.1. The molecule has 22 heavy (non-hydrogen) atoms. The number of hydrogen-bond acceptors (Lipinski definition) is 5. The summed E-state index contributed by atoms with van der Waals surface area (Å²) in [5.74, 6) is -0.990. The van der Waals surface area contributed by atoms with Gasteiger partial charge in [-0.05, 0) is 47.9 Å². The highest BCUT2D eigenvalue weighted by Gasteiger charge is 2.36. The maximum Gasteiger partial charge on any atom is 0.361 e. The molecule has 4 heterocycles. The van der Waals surface area contributed by atoms with Gasteiger partial charge < -0.3 is 8.37 Å². The van der Waals surface area contributed by atoms with Crippen LogP contribution >= 0.6 is 21.9 Å². The molecule has 0 fully saturated rings. The molecule has 1 aromatic carbocycles. The first-order valence-electron chi connectivity index (χ1n) is 6.51. The summed E-state index contributed by atoms with van der Waals surface area (Å²) >= 11 is 1.51. The van der Waals surface area contributed by atoms with Crippen LogP contribution in [0.5, 0.6) is 0 Å². The van der Waals surface area contributed by atoms with Gasteiger partial charge in [0.1, 0.15) is 4.91 Å². The summed E-state index contributed by atoms with van der Waals surface area (Å²) in [6.45, 7) is 0. The van der Waals surface area contributed by atoms with Crippen molar-refractivity contribution in [1.82, 2.24) is 0 Å². The molecule has 0 saturated heterocycles. The third-order valence-corrected chi connectivity index (χ3v) is 6.65. The van der Waals surface area contributed by atoms with E-state index in [1.807, 2.05) is 23.6 Å². The highest BCUT2D eigenvalue weighted by atomic mass is 32.3. The smallest absolute Gasteiger partial charge is 0.331 e. The molecule has 0 unspecified atom stereocenters. The van der Waals surface area contributed by atoms with Gasteiger partial charge >= 0.3 is 11.9 Å². The van der Waals surface area contributed by atoms with Crippen molar-refractivity contribution in [2.24, 2.45) is 0 Å². The van der Waals surface area contributed by atoms with Crippen LogP contribution in [0.3, 0.4) is 0 Å². The topological polar surface area (TPSA) is 52.6 Å². The number of benzene rings is 1. The van der Waals surface area contributed by atoms with Crippen LogP contribution in [0, 0.1) is 0 Å². The lowest BCUT2D eigenvalue weighted by Crippen LogP contribution is -2.14. The van der Waals surface area contributed by atoms with Gasteiger partial charge in [0.15, 0.2) is 0 Å². The first-order chi connectivity index (χ1) is 10.7. The second kappa shape index (κ2) is 4.86. The van der Waals surface area contributed by atoms with Crippen LogP contribution in [-0.2, 0) is 8.37 Å². The van der Waals surface area contributed by atoms with Gasteiger partial charge in [-0.25, -0.2) is 9.59 Å². The first kappa shape index (κ1) is 13.4. The highest BCUT2D eigenvalue weighted by molar-refractivity contribution is 8.36. The van der Waals surface area contributed by atoms with Crippen molar-refractivity contribution in [3.8, 4) is 0 Å². The molecule has 0 radical (unpaired) electrons. The molecule has 3 aliphatic heterocycles. The van der Waals surface area contributed by atoms with E-state index in [2.05, 4.69) is 0 Å². The molecule has 4 nitrogen and oxygen atoms in total. The standard InChI is InChI=1S/C16H10O4S2/c17-15-11-5-6-12(8-7-11)16(18)20-22(19-15)10-2-4-14(22)13-3-1-9-21-13/h1-10H. The van der Waals surface area contributed by atoms with Crippen LogP contribution < -0.4 is 0 Å². The largest absolute Gasteiger partial charge is 0.361 e. The van der Waals surface area contributed by atoms with Gasteiger partial charge in [0.05, 0.1) is 16.0 Å². The lowest BCUT2D eigenvalue weighted by Gasteiger charge is -2.37. The molecule has 3 aliphatic rings. The Kier molecular flexibility index (Phi) is 2.95. The third kappa shape index (κ3) is 2.00. The summed E-state index contributed by atoms with van der Waals surface area (Å²) in [5.41, 5.74) is 0.805. The Balaban J connectivity index is 1.83. The molecule has 0 N–H and O–H groups in total. The fourth-order valence-corrected chi connectivity index (χ4v) is 5.42. The molecule has 6 heteroatoms. The number of thiophene rings is 1. The fraction of sp³-hybridized carbons (Fsp3) is 0. The van der Waals surface area contributed by atoms with E-state index in [-0.39, 0.29) is 0 Å². The number of carbonyl (C=O) groups is 2. The molecular formula is C16H10O4S2. The molecule has 0 saturated carbocycles. The molecular weight excluding hydrogens is 320 g/mol. The van der Waals surface area contributed by atoms with Crippen molar-refractivity contribution in [3.05, 3.63) is 75.3 Å².